The van der Waals surface area contributed by atoms with Gasteiger partial charge in [-0.15, -0.1) is 0 Å². The number of primary amides is 1. The molecule has 0 radical (unpaired) electrons. The summed E-state index contributed by atoms with van der Waals surface area (Å²) in [6, 6.07) is 0. The zero-order valence-corrected chi connectivity index (χ0v) is 9.05. The van der Waals surface area contributed by atoms with Crippen LogP contribution in [0.1, 0.15) is 39.0 Å². The second kappa shape index (κ2) is 10.3. The Kier molecular flexibility index (Phi) is 9.74. The van der Waals surface area contributed by atoms with Crippen LogP contribution in [0.15, 0.2) is 0 Å². The summed E-state index contributed by atoms with van der Waals surface area (Å²) < 4.78 is 4.61. The fourth-order valence-electron chi connectivity index (χ4n) is 1.13. The van der Waals surface area contributed by atoms with E-state index in [2.05, 4.69) is 17.0 Å². The summed E-state index contributed by atoms with van der Waals surface area (Å²) in [4.78, 5) is 10.2. The topological polar surface area (TPSA) is 64.3 Å². The van der Waals surface area contributed by atoms with Crippen molar-refractivity contribution < 1.29 is 9.53 Å². The molecule has 0 saturated carbocycles. The Morgan fingerprint density at radius 1 is 1.21 bits per heavy atom. The highest BCUT2D eigenvalue weighted by Gasteiger charge is 1.93. The monoisotopic (exact) mass is 202 g/mol. The molecule has 0 unspecified atom stereocenters. The summed E-state index contributed by atoms with van der Waals surface area (Å²) >= 11 is 0. The molecule has 0 fully saturated rings. The van der Waals surface area contributed by atoms with E-state index in [1.165, 1.54) is 12.8 Å². The lowest BCUT2D eigenvalue weighted by molar-refractivity contribution is 0.154. The maximum atomic E-state index is 10.2. The van der Waals surface area contributed by atoms with E-state index in [1.807, 2.05) is 0 Å². The SMILES string of the molecule is CCCCNCCCCCOC(N)=O. The minimum Gasteiger partial charge on any atom is -0.450 e. The fourth-order valence-corrected chi connectivity index (χ4v) is 1.13. The summed E-state index contributed by atoms with van der Waals surface area (Å²) in [7, 11) is 0. The van der Waals surface area contributed by atoms with Crippen LogP contribution in [0.2, 0.25) is 0 Å². The van der Waals surface area contributed by atoms with Gasteiger partial charge >= 0.3 is 6.09 Å². The van der Waals surface area contributed by atoms with Gasteiger partial charge in [-0.05, 0) is 38.8 Å². The van der Waals surface area contributed by atoms with Gasteiger partial charge in [0.15, 0.2) is 0 Å². The molecular weight excluding hydrogens is 180 g/mol. The van der Waals surface area contributed by atoms with Crippen LogP contribution in [0, 0.1) is 0 Å². The molecule has 0 heterocycles. The van der Waals surface area contributed by atoms with E-state index in [4.69, 9.17) is 5.73 Å². The Morgan fingerprint density at radius 2 is 1.93 bits per heavy atom. The first-order valence-electron chi connectivity index (χ1n) is 5.40. The number of amides is 1. The van der Waals surface area contributed by atoms with E-state index in [1.54, 1.807) is 0 Å². The lowest BCUT2D eigenvalue weighted by atomic mass is 10.2. The fraction of sp³-hybridized carbons (Fsp3) is 0.900. The number of nitrogens with two attached hydrogens (primary N) is 1. The predicted molar refractivity (Wildman–Crippen MR) is 57.2 cm³/mol. The van der Waals surface area contributed by atoms with Crippen molar-refractivity contribution in [3.63, 3.8) is 0 Å². The van der Waals surface area contributed by atoms with Gasteiger partial charge in [0, 0.05) is 0 Å². The molecule has 0 saturated heterocycles. The molecule has 0 atom stereocenters. The number of unbranched alkanes of at least 4 members (excludes halogenated alkanes) is 3. The largest absolute Gasteiger partial charge is 0.450 e. The van der Waals surface area contributed by atoms with Crippen LogP contribution in [0.5, 0.6) is 0 Å². The van der Waals surface area contributed by atoms with Gasteiger partial charge in [-0.2, -0.15) is 0 Å². The van der Waals surface area contributed by atoms with Gasteiger partial charge < -0.3 is 15.8 Å². The second-order valence-electron chi connectivity index (χ2n) is 3.33. The van der Waals surface area contributed by atoms with Crippen molar-refractivity contribution in [3.05, 3.63) is 0 Å². The van der Waals surface area contributed by atoms with Crippen LogP contribution in [-0.4, -0.2) is 25.8 Å². The summed E-state index contributed by atoms with van der Waals surface area (Å²) in [5.74, 6) is 0. The number of rotatable bonds is 9. The van der Waals surface area contributed by atoms with E-state index in [0.29, 0.717) is 6.61 Å². The Hall–Kier alpha value is -0.770. The zero-order valence-electron chi connectivity index (χ0n) is 9.05. The first kappa shape index (κ1) is 13.2. The maximum Gasteiger partial charge on any atom is 0.404 e. The molecular formula is C10H22N2O2. The highest BCUT2D eigenvalue weighted by Crippen LogP contribution is 1.94. The Balaban J connectivity index is 2.88. The Labute approximate surface area is 86.2 Å². The second-order valence-corrected chi connectivity index (χ2v) is 3.33. The van der Waals surface area contributed by atoms with Gasteiger partial charge in [0.05, 0.1) is 6.61 Å². The third kappa shape index (κ3) is 11.2. The summed E-state index contributed by atoms with van der Waals surface area (Å²) in [6.45, 7) is 4.79. The van der Waals surface area contributed by atoms with Crippen LogP contribution in [0.3, 0.4) is 0 Å². The molecule has 14 heavy (non-hydrogen) atoms. The van der Waals surface area contributed by atoms with Crippen molar-refractivity contribution in [1.82, 2.24) is 5.32 Å². The van der Waals surface area contributed by atoms with Gasteiger partial charge in [0.25, 0.3) is 0 Å². The average molecular weight is 202 g/mol. The molecule has 4 nitrogen and oxygen atoms in total. The average Bonchev–Trinajstić information content (AvgIpc) is 2.15. The molecule has 4 heteroatoms. The number of hydrogen-bond donors (Lipinski definition) is 2. The standard InChI is InChI=1S/C10H22N2O2/c1-2-3-7-12-8-5-4-6-9-14-10(11)13/h12H,2-9H2,1H3,(H2,11,13). The summed E-state index contributed by atoms with van der Waals surface area (Å²) in [5.41, 5.74) is 4.81. The van der Waals surface area contributed by atoms with Crippen molar-refractivity contribution in [2.24, 2.45) is 5.73 Å². The third-order valence-electron chi connectivity index (χ3n) is 1.95. The number of carbonyl (C=O) groups is 1. The van der Waals surface area contributed by atoms with E-state index in [-0.39, 0.29) is 0 Å². The first-order chi connectivity index (χ1) is 6.77. The first-order valence-corrected chi connectivity index (χ1v) is 5.40. The molecule has 0 aromatic heterocycles. The molecule has 0 aromatic carbocycles. The van der Waals surface area contributed by atoms with Crippen molar-refractivity contribution >= 4 is 6.09 Å². The lowest BCUT2D eigenvalue weighted by Crippen LogP contribution is -2.17. The molecule has 0 aliphatic heterocycles. The van der Waals surface area contributed by atoms with Crippen molar-refractivity contribution in [2.75, 3.05) is 19.7 Å². The van der Waals surface area contributed by atoms with Gasteiger partial charge in [-0.1, -0.05) is 13.3 Å². The molecule has 84 valence electrons. The smallest absolute Gasteiger partial charge is 0.404 e. The van der Waals surface area contributed by atoms with Crippen LogP contribution in [0.25, 0.3) is 0 Å². The quantitative estimate of drug-likeness (QED) is 0.559. The molecule has 3 N–H and O–H groups in total. The lowest BCUT2D eigenvalue weighted by Gasteiger charge is -2.03. The molecule has 0 aromatic rings. The summed E-state index contributed by atoms with van der Waals surface area (Å²) in [6.07, 6.45) is 4.91. The predicted octanol–water partition coefficient (Wildman–Crippen LogP) is 1.64. The van der Waals surface area contributed by atoms with Crippen LogP contribution >= 0.6 is 0 Å². The van der Waals surface area contributed by atoms with Crippen LogP contribution < -0.4 is 11.1 Å². The van der Waals surface area contributed by atoms with E-state index in [9.17, 15) is 4.79 Å². The van der Waals surface area contributed by atoms with Gasteiger partial charge in [0.1, 0.15) is 0 Å². The normalized spacial score (nSPS) is 10.1. The Bertz CT molecular complexity index is 140. The van der Waals surface area contributed by atoms with E-state index in [0.717, 1.165) is 32.4 Å². The van der Waals surface area contributed by atoms with Crippen LogP contribution in [-0.2, 0) is 4.74 Å². The van der Waals surface area contributed by atoms with E-state index < -0.39 is 6.09 Å². The maximum absolute atomic E-state index is 10.2. The van der Waals surface area contributed by atoms with Gasteiger partial charge in [0.2, 0.25) is 0 Å². The minimum atomic E-state index is -0.675. The number of hydrogen-bond acceptors (Lipinski definition) is 3. The molecule has 0 bridgehead atoms. The van der Waals surface area contributed by atoms with E-state index >= 15 is 0 Å². The Morgan fingerprint density at radius 3 is 2.57 bits per heavy atom. The van der Waals surface area contributed by atoms with Crippen molar-refractivity contribution in [3.8, 4) is 0 Å². The minimum absolute atomic E-state index is 0.449. The molecule has 0 aliphatic rings. The third-order valence-corrected chi connectivity index (χ3v) is 1.95. The molecule has 0 spiro atoms. The van der Waals surface area contributed by atoms with Gasteiger partial charge in [-0.3, -0.25) is 0 Å². The molecule has 0 rings (SSSR count). The number of nitrogens with one attached hydrogen (secondary N) is 1. The van der Waals surface area contributed by atoms with Crippen molar-refractivity contribution in [1.29, 1.82) is 0 Å². The molecule has 0 aliphatic carbocycles. The van der Waals surface area contributed by atoms with Crippen molar-refractivity contribution in [2.45, 2.75) is 39.0 Å². The highest BCUT2D eigenvalue weighted by molar-refractivity contribution is 5.64. The number of carbonyl (C=O) groups excluding carboxylic acids is 1. The highest BCUT2D eigenvalue weighted by atomic mass is 16.5. The molecule has 1 amide bonds. The van der Waals surface area contributed by atoms with Crippen LogP contribution in [0.4, 0.5) is 4.79 Å². The van der Waals surface area contributed by atoms with Gasteiger partial charge in [-0.25, -0.2) is 4.79 Å². The summed E-state index contributed by atoms with van der Waals surface area (Å²) in [5, 5.41) is 3.35. The zero-order chi connectivity index (χ0) is 10.6. The number of ether oxygens (including phenoxy) is 1.